The van der Waals surface area contributed by atoms with Gasteiger partial charge in [-0.3, -0.25) is 9.69 Å². The van der Waals surface area contributed by atoms with E-state index in [2.05, 4.69) is 10.3 Å². The quantitative estimate of drug-likeness (QED) is 0.790. The standard InChI is InChI=1S/C14H22ClN3O2/c1-5-18(9-14(3,4)20)10(2)13(19)17-11-7-6-8-16-12(11)15/h6-8,10,20H,5,9H2,1-4H3,(H,17,19). The third kappa shape index (κ3) is 5.07. The third-order valence-corrected chi connectivity index (χ3v) is 3.24. The minimum absolute atomic E-state index is 0.175. The van der Waals surface area contributed by atoms with Gasteiger partial charge in [-0.25, -0.2) is 4.98 Å². The maximum atomic E-state index is 12.2. The third-order valence-electron chi connectivity index (χ3n) is 2.94. The average Bonchev–Trinajstić information content (AvgIpc) is 2.36. The summed E-state index contributed by atoms with van der Waals surface area (Å²) in [5.74, 6) is -0.175. The van der Waals surface area contributed by atoms with E-state index in [4.69, 9.17) is 11.6 Å². The summed E-state index contributed by atoms with van der Waals surface area (Å²) in [7, 11) is 0. The van der Waals surface area contributed by atoms with Gasteiger partial charge < -0.3 is 10.4 Å². The van der Waals surface area contributed by atoms with Crippen molar-refractivity contribution in [2.24, 2.45) is 0 Å². The zero-order valence-corrected chi connectivity index (χ0v) is 13.1. The van der Waals surface area contributed by atoms with Gasteiger partial charge in [0.25, 0.3) is 0 Å². The highest BCUT2D eigenvalue weighted by molar-refractivity contribution is 6.32. The Morgan fingerprint density at radius 3 is 2.75 bits per heavy atom. The molecule has 1 amide bonds. The Morgan fingerprint density at radius 1 is 1.60 bits per heavy atom. The fourth-order valence-corrected chi connectivity index (χ4v) is 2.07. The summed E-state index contributed by atoms with van der Waals surface area (Å²) >= 11 is 5.91. The first kappa shape index (κ1) is 16.9. The van der Waals surface area contributed by atoms with Gasteiger partial charge in [-0.15, -0.1) is 0 Å². The lowest BCUT2D eigenvalue weighted by Gasteiger charge is -2.32. The summed E-state index contributed by atoms with van der Waals surface area (Å²) in [4.78, 5) is 18.0. The maximum Gasteiger partial charge on any atom is 0.241 e. The van der Waals surface area contributed by atoms with Crippen molar-refractivity contribution in [1.29, 1.82) is 0 Å². The normalized spacial score (nSPS) is 13.3. The first-order valence-electron chi connectivity index (χ1n) is 6.62. The van der Waals surface area contributed by atoms with E-state index >= 15 is 0 Å². The second kappa shape index (κ2) is 7.02. The van der Waals surface area contributed by atoms with Crippen LogP contribution in [-0.4, -0.2) is 45.6 Å². The van der Waals surface area contributed by atoms with Crippen LogP contribution in [0.25, 0.3) is 0 Å². The molecule has 0 aromatic carbocycles. The zero-order valence-electron chi connectivity index (χ0n) is 12.4. The smallest absolute Gasteiger partial charge is 0.241 e. The lowest BCUT2D eigenvalue weighted by molar-refractivity contribution is -0.121. The van der Waals surface area contributed by atoms with Gasteiger partial charge in [0.2, 0.25) is 5.91 Å². The van der Waals surface area contributed by atoms with Crippen LogP contribution in [0.3, 0.4) is 0 Å². The van der Waals surface area contributed by atoms with Crippen molar-refractivity contribution in [3.05, 3.63) is 23.5 Å². The van der Waals surface area contributed by atoms with Gasteiger partial charge >= 0.3 is 0 Å². The molecule has 0 fully saturated rings. The van der Waals surface area contributed by atoms with Crippen LogP contribution in [0.15, 0.2) is 18.3 Å². The Bertz CT molecular complexity index is 460. The van der Waals surface area contributed by atoms with Crippen LogP contribution >= 0.6 is 11.6 Å². The number of nitrogens with zero attached hydrogens (tertiary/aromatic N) is 2. The molecule has 0 bridgehead atoms. The first-order valence-corrected chi connectivity index (χ1v) is 7.00. The van der Waals surface area contributed by atoms with Gasteiger partial charge in [-0.2, -0.15) is 0 Å². The summed E-state index contributed by atoms with van der Waals surface area (Å²) in [5, 5.41) is 12.9. The highest BCUT2D eigenvalue weighted by Crippen LogP contribution is 2.18. The number of amides is 1. The van der Waals surface area contributed by atoms with Crippen molar-refractivity contribution >= 4 is 23.2 Å². The van der Waals surface area contributed by atoms with Crippen molar-refractivity contribution < 1.29 is 9.90 Å². The Kier molecular flexibility index (Phi) is 5.92. The number of carbonyl (C=O) groups excluding carboxylic acids is 1. The van der Waals surface area contributed by atoms with Gasteiger partial charge in [-0.1, -0.05) is 18.5 Å². The molecule has 0 spiro atoms. The van der Waals surface area contributed by atoms with E-state index in [-0.39, 0.29) is 17.1 Å². The van der Waals surface area contributed by atoms with Gasteiger partial charge in [-0.05, 0) is 39.4 Å². The van der Waals surface area contributed by atoms with E-state index in [0.29, 0.717) is 18.8 Å². The molecule has 0 radical (unpaired) electrons. The van der Waals surface area contributed by atoms with Gasteiger partial charge in [0.15, 0.2) is 5.15 Å². The summed E-state index contributed by atoms with van der Waals surface area (Å²) in [6, 6.07) is 3.04. The van der Waals surface area contributed by atoms with E-state index in [0.717, 1.165) is 0 Å². The molecule has 112 valence electrons. The Morgan fingerprint density at radius 2 is 2.25 bits per heavy atom. The van der Waals surface area contributed by atoms with E-state index in [1.807, 2.05) is 11.8 Å². The van der Waals surface area contributed by atoms with E-state index < -0.39 is 5.60 Å². The van der Waals surface area contributed by atoms with Crippen molar-refractivity contribution in [2.75, 3.05) is 18.4 Å². The molecule has 1 aromatic heterocycles. The largest absolute Gasteiger partial charge is 0.389 e. The molecule has 0 saturated heterocycles. The lowest BCUT2D eigenvalue weighted by Crippen LogP contribution is -2.48. The van der Waals surface area contributed by atoms with E-state index in [9.17, 15) is 9.90 Å². The molecule has 1 atom stereocenters. The fourth-order valence-electron chi connectivity index (χ4n) is 1.90. The minimum atomic E-state index is -0.851. The number of aromatic nitrogens is 1. The number of hydrogen-bond acceptors (Lipinski definition) is 4. The molecule has 20 heavy (non-hydrogen) atoms. The van der Waals surface area contributed by atoms with Crippen LogP contribution in [0.1, 0.15) is 27.7 Å². The maximum absolute atomic E-state index is 12.2. The number of likely N-dealkylation sites (N-methyl/N-ethyl adjacent to an activating group) is 1. The molecular formula is C14H22ClN3O2. The van der Waals surface area contributed by atoms with Crippen molar-refractivity contribution in [2.45, 2.75) is 39.3 Å². The minimum Gasteiger partial charge on any atom is -0.389 e. The molecule has 1 aromatic rings. The number of hydrogen-bond donors (Lipinski definition) is 2. The predicted molar refractivity (Wildman–Crippen MR) is 80.9 cm³/mol. The van der Waals surface area contributed by atoms with Crippen LogP contribution in [-0.2, 0) is 4.79 Å². The number of nitrogens with one attached hydrogen (secondary N) is 1. The number of rotatable bonds is 6. The molecular weight excluding hydrogens is 278 g/mol. The summed E-state index contributed by atoms with van der Waals surface area (Å²) < 4.78 is 0. The highest BCUT2D eigenvalue weighted by atomic mass is 35.5. The molecule has 6 heteroatoms. The fraction of sp³-hybridized carbons (Fsp3) is 0.571. The molecule has 2 N–H and O–H groups in total. The lowest BCUT2D eigenvalue weighted by atomic mass is 10.1. The van der Waals surface area contributed by atoms with Crippen LogP contribution in [0.4, 0.5) is 5.69 Å². The molecule has 1 unspecified atom stereocenters. The summed E-state index contributed by atoms with van der Waals surface area (Å²) in [5.41, 5.74) is -0.360. The Labute approximate surface area is 125 Å². The number of aliphatic hydroxyl groups is 1. The average molecular weight is 300 g/mol. The Balaban J connectivity index is 2.73. The zero-order chi connectivity index (χ0) is 15.3. The van der Waals surface area contributed by atoms with E-state index in [1.54, 1.807) is 39.1 Å². The molecule has 0 aliphatic rings. The first-order chi connectivity index (χ1) is 9.24. The summed E-state index contributed by atoms with van der Waals surface area (Å²) in [6.45, 7) is 8.27. The summed E-state index contributed by atoms with van der Waals surface area (Å²) in [6.07, 6.45) is 1.56. The van der Waals surface area contributed by atoms with Gasteiger partial charge in [0.1, 0.15) is 0 Å². The number of pyridine rings is 1. The molecule has 0 aliphatic carbocycles. The van der Waals surface area contributed by atoms with Gasteiger partial charge in [0, 0.05) is 12.7 Å². The van der Waals surface area contributed by atoms with Crippen LogP contribution in [0.2, 0.25) is 5.15 Å². The van der Waals surface area contributed by atoms with Crippen LogP contribution in [0, 0.1) is 0 Å². The monoisotopic (exact) mass is 299 g/mol. The van der Waals surface area contributed by atoms with Crippen molar-refractivity contribution in [3.63, 3.8) is 0 Å². The second-order valence-corrected chi connectivity index (χ2v) is 5.74. The van der Waals surface area contributed by atoms with Crippen LogP contribution in [0.5, 0.6) is 0 Å². The number of halogens is 1. The van der Waals surface area contributed by atoms with Gasteiger partial charge in [0.05, 0.1) is 17.3 Å². The molecule has 0 saturated carbocycles. The molecule has 5 nitrogen and oxygen atoms in total. The van der Waals surface area contributed by atoms with E-state index in [1.165, 1.54) is 0 Å². The molecule has 0 aliphatic heterocycles. The number of carbonyl (C=O) groups is 1. The SMILES string of the molecule is CCN(CC(C)(C)O)C(C)C(=O)Nc1cccnc1Cl. The number of anilines is 1. The van der Waals surface area contributed by atoms with Crippen LogP contribution < -0.4 is 5.32 Å². The van der Waals surface area contributed by atoms with Crippen molar-refractivity contribution in [3.8, 4) is 0 Å². The molecule has 1 heterocycles. The topological polar surface area (TPSA) is 65.5 Å². The second-order valence-electron chi connectivity index (χ2n) is 5.38. The van der Waals surface area contributed by atoms with Crippen molar-refractivity contribution in [1.82, 2.24) is 9.88 Å². The highest BCUT2D eigenvalue weighted by Gasteiger charge is 2.25. The molecule has 1 rings (SSSR count). The predicted octanol–water partition coefficient (Wildman–Crippen LogP) is 2.15. The Hall–Kier alpha value is -1.17.